The molecule has 14 heavy (non-hydrogen) atoms. The van der Waals surface area contributed by atoms with Crippen molar-refractivity contribution in [1.29, 1.82) is 0 Å². The molecular weight excluding hydrogens is 176 g/mol. The van der Waals surface area contributed by atoms with Crippen LogP contribution in [-0.2, 0) is 0 Å². The Morgan fingerprint density at radius 2 is 2.21 bits per heavy atom. The molecule has 1 unspecified atom stereocenters. The third kappa shape index (κ3) is 2.72. The van der Waals surface area contributed by atoms with E-state index < -0.39 is 0 Å². The second kappa shape index (κ2) is 4.98. The third-order valence-corrected chi connectivity index (χ3v) is 2.36. The molecule has 0 heterocycles. The Balaban J connectivity index is 2.70. The van der Waals surface area contributed by atoms with E-state index in [1.807, 2.05) is 19.1 Å². The zero-order chi connectivity index (χ0) is 10.6. The molecule has 1 aromatic rings. The maximum Gasteiger partial charge on any atom is 0.0556 e. The van der Waals surface area contributed by atoms with Gasteiger partial charge in [0.1, 0.15) is 0 Å². The van der Waals surface area contributed by atoms with Crippen molar-refractivity contribution in [3.8, 4) is 0 Å². The van der Waals surface area contributed by atoms with Crippen LogP contribution in [0.1, 0.15) is 24.1 Å². The van der Waals surface area contributed by atoms with Gasteiger partial charge in [0, 0.05) is 18.3 Å². The van der Waals surface area contributed by atoms with E-state index in [0.29, 0.717) is 6.54 Å². The molecule has 0 aromatic heterocycles. The molecule has 0 amide bonds. The summed E-state index contributed by atoms with van der Waals surface area (Å²) in [5.74, 6) is 0. The summed E-state index contributed by atoms with van der Waals surface area (Å²) < 4.78 is 0. The molecule has 0 saturated heterocycles. The molecule has 0 aliphatic carbocycles. The second-order valence-electron chi connectivity index (χ2n) is 3.52. The van der Waals surface area contributed by atoms with Crippen molar-refractivity contribution >= 4 is 5.69 Å². The van der Waals surface area contributed by atoms with Gasteiger partial charge in [-0.1, -0.05) is 12.1 Å². The molecule has 1 atom stereocenters. The molecule has 0 saturated carbocycles. The van der Waals surface area contributed by atoms with Crippen LogP contribution in [0.5, 0.6) is 0 Å². The molecule has 78 valence electrons. The number of aliphatic hydroxyl groups excluding tert-OH is 1. The molecule has 0 spiro atoms. The van der Waals surface area contributed by atoms with E-state index in [9.17, 15) is 0 Å². The number of anilines is 1. The largest absolute Gasteiger partial charge is 0.399 e. The van der Waals surface area contributed by atoms with Crippen LogP contribution in [0.15, 0.2) is 18.2 Å². The van der Waals surface area contributed by atoms with E-state index in [4.69, 9.17) is 10.8 Å². The zero-order valence-corrected chi connectivity index (χ0v) is 8.75. The summed E-state index contributed by atoms with van der Waals surface area (Å²) in [6.07, 6.45) is 0. The molecule has 4 N–H and O–H groups in total. The minimum atomic E-state index is 0.165. The Morgan fingerprint density at radius 1 is 1.50 bits per heavy atom. The van der Waals surface area contributed by atoms with Crippen molar-refractivity contribution in [2.75, 3.05) is 18.9 Å². The van der Waals surface area contributed by atoms with Gasteiger partial charge in [-0.25, -0.2) is 0 Å². The highest BCUT2D eigenvalue weighted by Gasteiger charge is 2.04. The van der Waals surface area contributed by atoms with Gasteiger partial charge in [0.2, 0.25) is 0 Å². The maximum absolute atomic E-state index is 8.68. The first-order valence-electron chi connectivity index (χ1n) is 4.85. The molecule has 1 rings (SSSR count). The fourth-order valence-electron chi connectivity index (χ4n) is 1.37. The first kappa shape index (κ1) is 11.0. The second-order valence-corrected chi connectivity index (χ2v) is 3.52. The van der Waals surface area contributed by atoms with Crippen molar-refractivity contribution in [2.24, 2.45) is 0 Å². The number of nitrogens with two attached hydrogens (primary N) is 1. The normalized spacial score (nSPS) is 12.8. The fourth-order valence-corrected chi connectivity index (χ4v) is 1.37. The molecule has 3 nitrogen and oxygen atoms in total. The first-order valence-corrected chi connectivity index (χ1v) is 4.85. The van der Waals surface area contributed by atoms with Gasteiger partial charge in [-0.2, -0.15) is 0 Å². The van der Waals surface area contributed by atoms with Gasteiger partial charge in [0.15, 0.2) is 0 Å². The van der Waals surface area contributed by atoms with E-state index in [1.165, 1.54) is 5.56 Å². The summed E-state index contributed by atoms with van der Waals surface area (Å²) in [6, 6.07) is 6.25. The molecule has 0 radical (unpaired) electrons. The highest BCUT2D eigenvalue weighted by molar-refractivity contribution is 5.48. The van der Waals surface area contributed by atoms with Crippen LogP contribution in [0.25, 0.3) is 0 Å². The number of nitrogen functional groups attached to an aromatic ring is 1. The Hall–Kier alpha value is -1.06. The summed E-state index contributed by atoms with van der Waals surface area (Å²) in [5.41, 5.74) is 8.85. The number of aliphatic hydroxyl groups is 1. The van der Waals surface area contributed by atoms with Gasteiger partial charge in [-0.15, -0.1) is 0 Å². The van der Waals surface area contributed by atoms with Crippen LogP contribution in [-0.4, -0.2) is 18.3 Å². The molecule has 3 heteroatoms. The van der Waals surface area contributed by atoms with Gasteiger partial charge in [0.05, 0.1) is 6.61 Å². The number of nitrogens with one attached hydrogen (secondary N) is 1. The third-order valence-electron chi connectivity index (χ3n) is 2.36. The quantitative estimate of drug-likeness (QED) is 0.632. The molecule has 0 aliphatic rings. The lowest BCUT2D eigenvalue weighted by molar-refractivity contribution is 0.286. The van der Waals surface area contributed by atoms with Crippen LogP contribution in [0.3, 0.4) is 0 Å². The minimum Gasteiger partial charge on any atom is -0.399 e. The van der Waals surface area contributed by atoms with Crippen molar-refractivity contribution in [1.82, 2.24) is 5.32 Å². The average Bonchev–Trinajstić information content (AvgIpc) is 2.18. The van der Waals surface area contributed by atoms with Crippen LogP contribution in [0.4, 0.5) is 5.69 Å². The number of rotatable bonds is 4. The monoisotopic (exact) mass is 194 g/mol. The number of hydrogen-bond donors (Lipinski definition) is 3. The van der Waals surface area contributed by atoms with E-state index >= 15 is 0 Å². The predicted octanol–water partition coefficient (Wildman–Crippen LogP) is 1.22. The number of benzene rings is 1. The molecule has 0 aliphatic heterocycles. The lowest BCUT2D eigenvalue weighted by Gasteiger charge is -2.14. The number of hydrogen-bond acceptors (Lipinski definition) is 3. The minimum absolute atomic E-state index is 0.165. The van der Waals surface area contributed by atoms with Crippen molar-refractivity contribution in [3.63, 3.8) is 0 Å². The van der Waals surface area contributed by atoms with Crippen LogP contribution >= 0.6 is 0 Å². The van der Waals surface area contributed by atoms with Crippen molar-refractivity contribution in [3.05, 3.63) is 29.3 Å². The zero-order valence-electron chi connectivity index (χ0n) is 8.75. The molecule has 1 aromatic carbocycles. The predicted molar refractivity (Wildman–Crippen MR) is 59.1 cm³/mol. The maximum atomic E-state index is 8.68. The topological polar surface area (TPSA) is 58.3 Å². The van der Waals surface area contributed by atoms with Gasteiger partial charge in [0.25, 0.3) is 0 Å². The van der Waals surface area contributed by atoms with Crippen LogP contribution in [0.2, 0.25) is 0 Å². The van der Waals surface area contributed by atoms with Crippen LogP contribution in [0, 0.1) is 6.92 Å². The van der Waals surface area contributed by atoms with E-state index in [1.54, 1.807) is 0 Å². The fraction of sp³-hybridized carbons (Fsp3) is 0.455. The van der Waals surface area contributed by atoms with Crippen molar-refractivity contribution in [2.45, 2.75) is 19.9 Å². The molecule has 0 fully saturated rings. The van der Waals surface area contributed by atoms with Gasteiger partial charge in [-0.05, 0) is 31.0 Å². The summed E-state index contributed by atoms with van der Waals surface area (Å²) >= 11 is 0. The highest BCUT2D eigenvalue weighted by atomic mass is 16.3. The number of aryl methyl sites for hydroxylation is 1. The molecule has 0 bridgehead atoms. The SMILES string of the molecule is Cc1cc(C(C)NCCO)ccc1N. The Labute approximate surface area is 84.9 Å². The highest BCUT2D eigenvalue weighted by Crippen LogP contribution is 2.18. The summed E-state index contributed by atoms with van der Waals surface area (Å²) in [7, 11) is 0. The van der Waals surface area contributed by atoms with E-state index in [-0.39, 0.29) is 12.6 Å². The Morgan fingerprint density at radius 3 is 2.79 bits per heavy atom. The van der Waals surface area contributed by atoms with E-state index in [0.717, 1.165) is 11.3 Å². The summed E-state index contributed by atoms with van der Waals surface area (Å²) in [6.45, 7) is 4.85. The van der Waals surface area contributed by atoms with Gasteiger partial charge >= 0.3 is 0 Å². The molecular formula is C11H18N2O. The van der Waals surface area contributed by atoms with Gasteiger partial charge < -0.3 is 16.2 Å². The van der Waals surface area contributed by atoms with Crippen molar-refractivity contribution < 1.29 is 5.11 Å². The lowest BCUT2D eigenvalue weighted by Crippen LogP contribution is -2.22. The summed E-state index contributed by atoms with van der Waals surface area (Å²) in [4.78, 5) is 0. The van der Waals surface area contributed by atoms with Gasteiger partial charge in [-0.3, -0.25) is 0 Å². The standard InChI is InChI=1S/C11H18N2O/c1-8-7-10(3-4-11(8)12)9(2)13-5-6-14/h3-4,7,9,13-14H,5-6,12H2,1-2H3. The first-order chi connectivity index (χ1) is 6.65. The smallest absolute Gasteiger partial charge is 0.0556 e. The van der Waals surface area contributed by atoms with Crippen LogP contribution < -0.4 is 11.1 Å². The average molecular weight is 194 g/mol. The lowest BCUT2D eigenvalue weighted by atomic mass is 10.0. The Bertz CT molecular complexity index is 299. The summed E-state index contributed by atoms with van der Waals surface area (Å²) in [5, 5.41) is 11.9. The van der Waals surface area contributed by atoms with E-state index in [2.05, 4.69) is 18.3 Å². The Kier molecular flexibility index (Phi) is 3.92.